The Balaban J connectivity index is 2.48. The molecule has 0 radical (unpaired) electrons. The zero-order valence-electron chi connectivity index (χ0n) is 8.66. The van der Waals surface area contributed by atoms with Crippen molar-refractivity contribution in [3.63, 3.8) is 0 Å². The van der Waals surface area contributed by atoms with Gasteiger partial charge in [0.25, 0.3) is 0 Å². The van der Waals surface area contributed by atoms with Gasteiger partial charge in [0.05, 0.1) is 6.10 Å². The molecule has 0 aromatic heterocycles. The molecule has 13 heavy (non-hydrogen) atoms. The van der Waals surface area contributed by atoms with E-state index in [1.165, 1.54) is 12.8 Å². The highest BCUT2D eigenvalue weighted by atomic mass is 16.3. The number of hydrogen-bond donors (Lipinski definition) is 1. The summed E-state index contributed by atoms with van der Waals surface area (Å²) in [4.78, 5) is 0. The fraction of sp³-hybridized carbons (Fsp3) is 0.667. The molecular formula is C12H20O. The average molecular weight is 180 g/mol. The van der Waals surface area contributed by atoms with Gasteiger partial charge in [0.2, 0.25) is 0 Å². The van der Waals surface area contributed by atoms with Crippen LogP contribution in [0, 0.1) is 5.92 Å². The highest BCUT2D eigenvalue weighted by molar-refractivity contribution is 5.09. The molecule has 1 N–H and O–H groups in total. The van der Waals surface area contributed by atoms with Gasteiger partial charge in [-0.2, -0.15) is 0 Å². The minimum absolute atomic E-state index is 0.231. The first-order chi connectivity index (χ1) is 6.24. The predicted molar refractivity (Wildman–Crippen MR) is 56.5 cm³/mol. The second-order valence-electron chi connectivity index (χ2n) is 3.88. The van der Waals surface area contributed by atoms with Gasteiger partial charge >= 0.3 is 0 Å². The molecule has 0 saturated heterocycles. The zero-order valence-corrected chi connectivity index (χ0v) is 8.66. The quantitative estimate of drug-likeness (QED) is 0.662. The van der Waals surface area contributed by atoms with E-state index in [9.17, 15) is 5.11 Å². The van der Waals surface area contributed by atoms with Gasteiger partial charge in [-0.05, 0) is 44.1 Å². The van der Waals surface area contributed by atoms with Crippen molar-refractivity contribution in [2.45, 2.75) is 45.6 Å². The second kappa shape index (κ2) is 5.23. The summed E-state index contributed by atoms with van der Waals surface area (Å²) >= 11 is 0. The van der Waals surface area contributed by atoms with Crippen LogP contribution in [0.2, 0.25) is 0 Å². The van der Waals surface area contributed by atoms with Crippen molar-refractivity contribution in [1.82, 2.24) is 0 Å². The van der Waals surface area contributed by atoms with E-state index in [0.717, 1.165) is 18.4 Å². The van der Waals surface area contributed by atoms with Crippen molar-refractivity contribution >= 4 is 0 Å². The lowest BCUT2D eigenvalue weighted by Gasteiger charge is -2.16. The summed E-state index contributed by atoms with van der Waals surface area (Å²) in [6, 6.07) is 0. The third-order valence-corrected chi connectivity index (χ3v) is 2.72. The van der Waals surface area contributed by atoms with Gasteiger partial charge in [-0.15, -0.1) is 0 Å². The monoisotopic (exact) mass is 180 g/mol. The summed E-state index contributed by atoms with van der Waals surface area (Å²) in [5, 5.41) is 9.57. The van der Waals surface area contributed by atoms with Crippen molar-refractivity contribution in [2.24, 2.45) is 5.92 Å². The number of hydrogen-bond acceptors (Lipinski definition) is 1. The largest absolute Gasteiger partial charge is 0.389 e. The zero-order chi connectivity index (χ0) is 9.68. The van der Waals surface area contributed by atoms with E-state index in [1.807, 2.05) is 13.8 Å². The molecule has 1 heteroatoms. The van der Waals surface area contributed by atoms with Crippen LogP contribution in [0.5, 0.6) is 0 Å². The van der Waals surface area contributed by atoms with Crippen molar-refractivity contribution in [1.29, 1.82) is 0 Å². The van der Waals surface area contributed by atoms with Crippen LogP contribution in [-0.4, -0.2) is 11.2 Å². The Bertz CT molecular complexity index is 203. The van der Waals surface area contributed by atoms with Crippen LogP contribution in [-0.2, 0) is 0 Å². The summed E-state index contributed by atoms with van der Waals surface area (Å²) in [5.41, 5.74) is 1.14. The van der Waals surface area contributed by atoms with E-state index in [-0.39, 0.29) is 6.10 Å². The van der Waals surface area contributed by atoms with Crippen LogP contribution in [0.15, 0.2) is 23.8 Å². The van der Waals surface area contributed by atoms with E-state index in [0.29, 0.717) is 5.92 Å². The Morgan fingerprint density at radius 3 is 2.92 bits per heavy atom. The van der Waals surface area contributed by atoms with Gasteiger partial charge in [0, 0.05) is 0 Å². The summed E-state index contributed by atoms with van der Waals surface area (Å²) in [6.07, 6.45) is 10.9. The first-order valence-corrected chi connectivity index (χ1v) is 5.25. The maximum atomic E-state index is 9.57. The van der Waals surface area contributed by atoms with Gasteiger partial charge in [-0.3, -0.25) is 0 Å². The van der Waals surface area contributed by atoms with Crippen molar-refractivity contribution in [2.75, 3.05) is 0 Å². The molecule has 0 amide bonds. The Hall–Kier alpha value is -0.560. The van der Waals surface area contributed by atoms with E-state index in [1.54, 1.807) is 0 Å². The normalized spacial score (nSPS) is 26.1. The fourth-order valence-corrected chi connectivity index (χ4v) is 1.77. The molecule has 1 rings (SSSR count). The van der Waals surface area contributed by atoms with Crippen LogP contribution in [0.1, 0.15) is 39.5 Å². The number of rotatable bonds is 3. The summed E-state index contributed by atoms with van der Waals surface area (Å²) in [5.74, 6) is 0.659. The van der Waals surface area contributed by atoms with Crippen LogP contribution in [0.4, 0.5) is 0 Å². The van der Waals surface area contributed by atoms with Gasteiger partial charge < -0.3 is 5.11 Å². The molecule has 1 aliphatic carbocycles. The van der Waals surface area contributed by atoms with E-state index >= 15 is 0 Å². The fourth-order valence-electron chi connectivity index (χ4n) is 1.77. The molecule has 0 bridgehead atoms. The minimum atomic E-state index is -0.231. The Morgan fingerprint density at radius 2 is 2.38 bits per heavy atom. The molecule has 0 aromatic rings. The topological polar surface area (TPSA) is 20.2 Å². The van der Waals surface area contributed by atoms with Gasteiger partial charge in [0.15, 0.2) is 0 Å². The standard InChI is InChI=1S/C12H20O/c1-3-12(13)10(2)9-11-7-5-4-6-8-11/h4-5,9,11-13H,3,6-8H2,1-2H3/b10-9+. The molecule has 0 aliphatic heterocycles. The first-order valence-electron chi connectivity index (χ1n) is 5.25. The molecule has 1 aliphatic rings. The lowest BCUT2D eigenvalue weighted by molar-refractivity contribution is 0.205. The molecule has 0 spiro atoms. The summed E-state index contributed by atoms with van der Waals surface area (Å²) < 4.78 is 0. The van der Waals surface area contributed by atoms with E-state index < -0.39 is 0 Å². The lowest BCUT2D eigenvalue weighted by Crippen LogP contribution is -2.08. The molecule has 2 atom stereocenters. The predicted octanol–water partition coefficient (Wildman–Crippen LogP) is 3.06. The maximum Gasteiger partial charge on any atom is 0.0744 e. The molecule has 0 heterocycles. The van der Waals surface area contributed by atoms with Gasteiger partial charge in [0.1, 0.15) is 0 Å². The highest BCUT2D eigenvalue weighted by Gasteiger charge is 2.09. The molecule has 74 valence electrons. The average Bonchev–Trinajstić information content (AvgIpc) is 2.18. The number of aliphatic hydroxyl groups is 1. The Kier molecular flexibility index (Phi) is 4.23. The molecule has 0 aromatic carbocycles. The molecule has 1 nitrogen and oxygen atoms in total. The smallest absolute Gasteiger partial charge is 0.0744 e. The van der Waals surface area contributed by atoms with Crippen LogP contribution in [0.25, 0.3) is 0 Å². The first kappa shape index (κ1) is 10.5. The van der Waals surface area contributed by atoms with Crippen molar-refractivity contribution in [3.05, 3.63) is 23.8 Å². The van der Waals surface area contributed by atoms with Crippen molar-refractivity contribution in [3.8, 4) is 0 Å². The third-order valence-electron chi connectivity index (χ3n) is 2.72. The lowest BCUT2D eigenvalue weighted by atomic mass is 9.91. The maximum absolute atomic E-state index is 9.57. The molecule has 0 fully saturated rings. The van der Waals surface area contributed by atoms with Gasteiger partial charge in [-0.1, -0.05) is 25.2 Å². The molecule has 0 saturated carbocycles. The third kappa shape index (κ3) is 3.35. The van der Waals surface area contributed by atoms with Gasteiger partial charge in [-0.25, -0.2) is 0 Å². The minimum Gasteiger partial charge on any atom is -0.389 e. The Labute approximate surface area is 81.2 Å². The van der Waals surface area contributed by atoms with Crippen LogP contribution < -0.4 is 0 Å². The molecule has 2 unspecified atom stereocenters. The van der Waals surface area contributed by atoms with Crippen LogP contribution in [0.3, 0.4) is 0 Å². The number of allylic oxidation sites excluding steroid dienone is 3. The van der Waals surface area contributed by atoms with E-state index in [4.69, 9.17) is 0 Å². The second-order valence-corrected chi connectivity index (χ2v) is 3.88. The van der Waals surface area contributed by atoms with Crippen molar-refractivity contribution < 1.29 is 5.11 Å². The van der Waals surface area contributed by atoms with Crippen LogP contribution >= 0.6 is 0 Å². The number of aliphatic hydroxyl groups excluding tert-OH is 1. The summed E-state index contributed by atoms with van der Waals surface area (Å²) in [6.45, 7) is 4.05. The SMILES string of the molecule is CCC(O)/C(C)=C/C1CC=CCC1. The molecular weight excluding hydrogens is 160 g/mol. The van der Waals surface area contributed by atoms with E-state index in [2.05, 4.69) is 18.2 Å². The highest BCUT2D eigenvalue weighted by Crippen LogP contribution is 2.21. The Morgan fingerprint density at radius 1 is 1.62 bits per heavy atom. The summed E-state index contributed by atoms with van der Waals surface area (Å²) in [7, 11) is 0.